The Bertz CT molecular complexity index is 1130. The van der Waals surface area contributed by atoms with E-state index >= 15 is 0 Å². The van der Waals surface area contributed by atoms with Crippen molar-refractivity contribution in [2.45, 2.75) is 33.4 Å². The minimum atomic E-state index is -0.243. The maximum Gasteiger partial charge on any atom is 0.275 e. The SMILES string of the molecule is CSNc1c(Cc2ccccc2)cc(C)n(CC(=O)NCc2ccc(N)nc2C)c1=O. The average molecular weight is 438 g/mol. The molecular formula is C23H27N5O2S. The van der Waals surface area contributed by atoms with Gasteiger partial charge >= 0.3 is 0 Å². The number of rotatable bonds is 8. The highest BCUT2D eigenvalue weighted by Gasteiger charge is 2.15. The molecule has 1 aromatic carbocycles. The van der Waals surface area contributed by atoms with E-state index in [1.807, 2.05) is 62.6 Å². The number of hydrogen-bond acceptors (Lipinski definition) is 6. The van der Waals surface area contributed by atoms with Gasteiger partial charge in [-0.25, -0.2) is 4.98 Å². The standard InChI is InChI=1S/C23H27N5O2S/c1-15-11-19(12-17-7-5-4-6-8-17)22(27-31-3)23(30)28(15)14-21(29)25-13-18-9-10-20(24)26-16(18)2/h4-11,27H,12-14H2,1-3H3,(H2,24,26)(H,25,29). The van der Waals surface area contributed by atoms with Crippen LogP contribution < -0.4 is 21.3 Å². The molecule has 2 heterocycles. The molecule has 8 heteroatoms. The minimum Gasteiger partial charge on any atom is -0.384 e. The van der Waals surface area contributed by atoms with Gasteiger partial charge in [0.2, 0.25) is 5.91 Å². The van der Waals surface area contributed by atoms with Gasteiger partial charge in [-0.1, -0.05) is 48.3 Å². The molecule has 7 nitrogen and oxygen atoms in total. The van der Waals surface area contributed by atoms with Crippen LogP contribution in [0.1, 0.15) is 28.1 Å². The van der Waals surface area contributed by atoms with Crippen LogP contribution in [0.15, 0.2) is 53.3 Å². The van der Waals surface area contributed by atoms with Crippen LogP contribution in [-0.4, -0.2) is 21.7 Å². The van der Waals surface area contributed by atoms with Gasteiger partial charge < -0.3 is 20.3 Å². The van der Waals surface area contributed by atoms with Crippen molar-refractivity contribution in [2.75, 3.05) is 16.7 Å². The quantitative estimate of drug-likeness (QED) is 0.468. The molecule has 0 atom stereocenters. The maximum atomic E-state index is 13.2. The van der Waals surface area contributed by atoms with Gasteiger partial charge in [-0.2, -0.15) is 0 Å². The van der Waals surface area contributed by atoms with E-state index in [1.165, 1.54) is 16.5 Å². The van der Waals surface area contributed by atoms with E-state index in [4.69, 9.17) is 5.73 Å². The van der Waals surface area contributed by atoms with E-state index in [2.05, 4.69) is 15.0 Å². The first kappa shape index (κ1) is 22.4. The van der Waals surface area contributed by atoms with Gasteiger partial charge in [0, 0.05) is 24.2 Å². The summed E-state index contributed by atoms with van der Waals surface area (Å²) in [7, 11) is 0. The van der Waals surface area contributed by atoms with Crippen molar-refractivity contribution < 1.29 is 4.79 Å². The zero-order valence-corrected chi connectivity index (χ0v) is 18.8. The van der Waals surface area contributed by atoms with Crippen LogP contribution in [0, 0.1) is 13.8 Å². The predicted octanol–water partition coefficient (Wildman–Crippen LogP) is 3.04. The summed E-state index contributed by atoms with van der Waals surface area (Å²) >= 11 is 1.36. The number of aromatic nitrogens is 2. The predicted molar refractivity (Wildman–Crippen MR) is 127 cm³/mol. The average Bonchev–Trinajstić information content (AvgIpc) is 2.74. The van der Waals surface area contributed by atoms with Gasteiger partial charge in [-0.15, -0.1) is 0 Å². The first-order valence-electron chi connectivity index (χ1n) is 9.94. The van der Waals surface area contributed by atoms with E-state index in [0.717, 1.165) is 28.1 Å². The van der Waals surface area contributed by atoms with E-state index in [0.29, 0.717) is 24.5 Å². The molecule has 4 N–H and O–H groups in total. The molecule has 0 aliphatic carbocycles. The highest BCUT2D eigenvalue weighted by Crippen LogP contribution is 2.19. The lowest BCUT2D eigenvalue weighted by molar-refractivity contribution is -0.121. The second-order valence-electron chi connectivity index (χ2n) is 7.30. The molecule has 0 bridgehead atoms. The monoisotopic (exact) mass is 437 g/mol. The van der Waals surface area contributed by atoms with Gasteiger partial charge in [0.05, 0.1) is 0 Å². The van der Waals surface area contributed by atoms with E-state index in [9.17, 15) is 9.59 Å². The summed E-state index contributed by atoms with van der Waals surface area (Å²) in [4.78, 5) is 29.9. The highest BCUT2D eigenvalue weighted by molar-refractivity contribution is 7.99. The molecule has 31 heavy (non-hydrogen) atoms. The summed E-state index contributed by atoms with van der Waals surface area (Å²) in [5, 5.41) is 2.86. The number of carbonyl (C=O) groups excluding carboxylic acids is 1. The second kappa shape index (κ2) is 10.2. The zero-order valence-electron chi connectivity index (χ0n) is 17.9. The fourth-order valence-corrected chi connectivity index (χ4v) is 3.81. The third kappa shape index (κ3) is 5.67. The number of anilines is 2. The minimum absolute atomic E-state index is 0.0548. The van der Waals surface area contributed by atoms with Crippen molar-refractivity contribution in [3.05, 3.63) is 87.0 Å². The van der Waals surface area contributed by atoms with Gasteiger partial charge in [0.1, 0.15) is 18.1 Å². The number of carbonyl (C=O) groups is 1. The summed E-state index contributed by atoms with van der Waals surface area (Å²) in [6.07, 6.45) is 2.50. The zero-order chi connectivity index (χ0) is 22.4. The number of nitrogens with two attached hydrogens (primary N) is 1. The lowest BCUT2D eigenvalue weighted by atomic mass is 10.0. The number of hydrogen-bond donors (Lipinski definition) is 3. The molecule has 2 aromatic heterocycles. The molecule has 0 saturated carbocycles. The Balaban J connectivity index is 1.79. The van der Waals surface area contributed by atoms with Crippen molar-refractivity contribution in [1.82, 2.24) is 14.9 Å². The Morgan fingerprint density at radius 1 is 1.13 bits per heavy atom. The number of nitrogens with one attached hydrogen (secondary N) is 2. The summed E-state index contributed by atoms with van der Waals surface area (Å²) in [6, 6.07) is 15.5. The van der Waals surface area contributed by atoms with Crippen LogP contribution in [0.3, 0.4) is 0 Å². The van der Waals surface area contributed by atoms with Crippen molar-refractivity contribution in [3.63, 3.8) is 0 Å². The molecule has 0 spiro atoms. The van der Waals surface area contributed by atoms with Crippen LogP contribution >= 0.6 is 11.9 Å². The first-order chi connectivity index (χ1) is 14.9. The number of nitrogens with zero attached hydrogens (tertiary/aromatic N) is 2. The number of aryl methyl sites for hydroxylation is 2. The smallest absolute Gasteiger partial charge is 0.275 e. The van der Waals surface area contributed by atoms with Crippen molar-refractivity contribution in [2.24, 2.45) is 0 Å². The second-order valence-corrected chi connectivity index (χ2v) is 7.92. The molecule has 0 aliphatic heterocycles. The Kier molecular flexibility index (Phi) is 7.36. The molecule has 3 rings (SSSR count). The molecule has 0 fully saturated rings. The Morgan fingerprint density at radius 3 is 2.55 bits per heavy atom. The highest BCUT2D eigenvalue weighted by atomic mass is 32.2. The van der Waals surface area contributed by atoms with E-state index in [1.54, 1.807) is 6.07 Å². The van der Waals surface area contributed by atoms with Crippen LogP contribution in [0.2, 0.25) is 0 Å². The fraction of sp³-hybridized carbons (Fsp3) is 0.261. The van der Waals surface area contributed by atoms with Crippen molar-refractivity contribution in [3.8, 4) is 0 Å². The first-order valence-corrected chi connectivity index (χ1v) is 11.2. The van der Waals surface area contributed by atoms with Crippen LogP contribution in [-0.2, 0) is 24.3 Å². The lowest BCUT2D eigenvalue weighted by Gasteiger charge is -2.17. The van der Waals surface area contributed by atoms with Crippen LogP contribution in [0.25, 0.3) is 0 Å². The number of amides is 1. The molecule has 0 saturated heterocycles. The number of pyridine rings is 2. The molecule has 1 amide bonds. The van der Waals surface area contributed by atoms with Crippen LogP contribution in [0.4, 0.5) is 11.5 Å². The topological polar surface area (TPSA) is 102 Å². The Morgan fingerprint density at radius 2 is 1.87 bits per heavy atom. The van der Waals surface area contributed by atoms with E-state index < -0.39 is 0 Å². The lowest BCUT2D eigenvalue weighted by Crippen LogP contribution is -2.34. The number of nitrogen functional groups attached to an aromatic ring is 1. The summed E-state index contributed by atoms with van der Waals surface area (Å²) in [5.74, 6) is 0.200. The van der Waals surface area contributed by atoms with Gasteiger partial charge in [-0.3, -0.25) is 9.59 Å². The summed E-state index contributed by atoms with van der Waals surface area (Å²) in [5.41, 5.74) is 10.4. The third-order valence-corrected chi connectivity index (χ3v) is 5.43. The third-order valence-electron chi connectivity index (χ3n) is 5.03. The molecule has 3 aromatic rings. The largest absolute Gasteiger partial charge is 0.384 e. The van der Waals surface area contributed by atoms with Crippen molar-refractivity contribution in [1.29, 1.82) is 0 Å². The number of benzene rings is 1. The van der Waals surface area contributed by atoms with Crippen molar-refractivity contribution >= 4 is 29.4 Å². The normalized spacial score (nSPS) is 10.7. The Labute approximate surface area is 186 Å². The summed E-state index contributed by atoms with van der Waals surface area (Å²) < 4.78 is 4.60. The Hall–Kier alpha value is -3.26. The van der Waals surface area contributed by atoms with E-state index in [-0.39, 0.29) is 18.0 Å². The van der Waals surface area contributed by atoms with Gasteiger partial charge in [-0.05, 0) is 49.1 Å². The molecule has 0 unspecified atom stereocenters. The summed E-state index contributed by atoms with van der Waals surface area (Å²) in [6.45, 7) is 3.97. The molecule has 0 aliphatic rings. The molecular weight excluding hydrogens is 410 g/mol. The van der Waals surface area contributed by atoms with Gasteiger partial charge in [0.25, 0.3) is 5.56 Å². The fourth-order valence-electron chi connectivity index (χ4n) is 3.39. The maximum absolute atomic E-state index is 13.2. The van der Waals surface area contributed by atoms with Gasteiger partial charge in [0.15, 0.2) is 0 Å². The molecule has 162 valence electrons. The van der Waals surface area contributed by atoms with Crippen LogP contribution in [0.5, 0.6) is 0 Å². The molecule has 0 radical (unpaired) electrons.